The van der Waals surface area contributed by atoms with Crippen LogP contribution in [0.4, 0.5) is 0 Å². The van der Waals surface area contributed by atoms with Crippen molar-refractivity contribution in [1.29, 1.82) is 0 Å². The van der Waals surface area contributed by atoms with E-state index in [9.17, 15) is 4.79 Å². The number of fused-ring (bicyclic) bond motifs is 1. The molecule has 2 aliphatic carbocycles. The Morgan fingerprint density at radius 3 is 2.08 bits per heavy atom. The summed E-state index contributed by atoms with van der Waals surface area (Å²) in [5.74, 6) is 0.772. The van der Waals surface area contributed by atoms with Crippen LogP contribution in [0, 0.1) is 17.8 Å². The second kappa shape index (κ2) is 12.0. The maximum atomic E-state index is 11.9. The van der Waals surface area contributed by atoms with Gasteiger partial charge in [-0.2, -0.15) is 0 Å². The molecular weight excluding hydrogens is 505 g/mol. The lowest BCUT2D eigenvalue weighted by molar-refractivity contribution is -0.146. The van der Waals surface area contributed by atoms with E-state index in [4.69, 9.17) is 13.6 Å². The van der Waals surface area contributed by atoms with Gasteiger partial charge in [0.2, 0.25) is 0 Å². The van der Waals surface area contributed by atoms with Crippen LogP contribution in [-0.2, 0) is 18.4 Å². The van der Waals surface area contributed by atoms with E-state index in [-0.39, 0.29) is 39.8 Å². The molecule has 6 heteroatoms. The first-order valence-electron chi connectivity index (χ1n) is 15.0. The van der Waals surface area contributed by atoms with Crippen molar-refractivity contribution < 1.29 is 18.4 Å². The number of carbonyl (C=O) groups excluding carboxylic acids is 1. The van der Waals surface area contributed by atoms with Gasteiger partial charge in [0.05, 0.1) is 11.7 Å². The highest BCUT2D eigenvalue weighted by Gasteiger charge is 2.54. The molecule has 2 saturated carbocycles. The van der Waals surface area contributed by atoms with Crippen LogP contribution in [0.2, 0.25) is 36.3 Å². The van der Waals surface area contributed by atoms with Gasteiger partial charge >= 0.3 is 5.97 Å². The molecule has 0 aliphatic heterocycles. The van der Waals surface area contributed by atoms with Gasteiger partial charge in [-0.1, -0.05) is 80.0 Å². The number of hydrogen-bond acceptors (Lipinski definition) is 4. The Morgan fingerprint density at radius 1 is 1.00 bits per heavy atom. The van der Waals surface area contributed by atoms with Crippen molar-refractivity contribution in [3.8, 4) is 0 Å². The Hall–Kier alpha value is -0.696. The molecule has 0 radical (unpaired) electrons. The summed E-state index contributed by atoms with van der Waals surface area (Å²) < 4.78 is 19.9. The van der Waals surface area contributed by atoms with Gasteiger partial charge < -0.3 is 13.6 Å². The molecule has 0 heterocycles. The van der Waals surface area contributed by atoms with E-state index >= 15 is 0 Å². The second-order valence-corrected chi connectivity index (χ2v) is 25.0. The second-order valence-electron chi connectivity index (χ2n) is 15.5. The topological polar surface area (TPSA) is 44.8 Å². The number of unbranched alkanes of at least 4 members (excludes halogenated alkanes) is 1. The minimum absolute atomic E-state index is 0.146. The molecular formula is C32H60O4Si2. The van der Waals surface area contributed by atoms with Crippen molar-refractivity contribution in [1.82, 2.24) is 0 Å². The van der Waals surface area contributed by atoms with E-state index in [0.29, 0.717) is 11.8 Å². The van der Waals surface area contributed by atoms with E-state index in [1.54, 1.807) is 0 Å². The summed E-state index contributed by atoms with van der Waals surface area (Å²) in [5, 5.41) is 0.328. The Bertz CT molecular complexity index is 864. The normalized spacial score (nSPS) is 28.6. The van der Waals surface area contributed by atoms with E-state index < -0.39 is 16.6 Å². The van der Waals surface area contributed by atoms with Gasteiger partial charge in [-0.15, -0.1) is 0 Å². The Morgan fingerprint density at radius 2 is 1.58 bits per heavy atom. The molecule has 220 valence electrons. The first-order chi connectivity index (χ1) is 17.1. The highest BCUT2D eigenvalue weighted by molar-refractivity contribution is 6.74. The van der Waals surface area contributed by atoms with Crippen LogP contribution >= 0.6 is 0 Å². The zero-order chi connectivity index (χ0) is 29.3. The zero-order valence-corrected chi connectivity index (χ0v) is 29.1. The summed E-state index contributed by atoms with van der Waals surface area (Å²) in [6.07, 6.45) is 11.0. The summed E-state index contributed by atoms with van der Waals surface area (Å²) in [6.45, 7) is 33.7. The molecule has 2 unspecified atom stereocenters. The summed E-state index contributed by atoms with van der Waals surface area (Å²) in [4.78, 5) is 11.9. The van der Waals surface area contributed by atoms with E-state index in [2.05, 4.69) is 100 Å². The van der Waals surface area contributed by atoms with Crippen LogP contribution in [0.3, 0.4) is 0 Å². The van der Waals surface area contributed by atoms with Crippen LogP contribution in [0.15, 0.2) is 24.3 Å². The van der Waals surface area contributed by atoms with Gasteiger partial charge in [-0.3, -0.25) is 4.79 Å². The van der Waals surface area contributed by atoms with Crippen molar-refractivity contribution in [2.45, 2.75) is 155 Å². The molecule has 0 bridgehead atoms. The van der Waals surface area contributed by atoms with Crippen LogP contribution in [0.5, 0.6) is 0 Å². The highest BCUT2D eigenvalue weighted by atomic mass is 28.4. The molecule has 0 saturated heterocycles. The third-order valence-corrected chi connectivity index (χ3v) is 19.2. The van der Waals surface area contributed by atoms with Crippen molar-refractivity contribution in [3.05, 3.63) is 24.3 Å². The average Bonchev–Trinajstić information content (AvgIpc) is 3.19. The van der Waals surface area contributed by atoms with Crippen LogP contribution in [0.25, 0.3) is 0 Å². The van der Waals surface area contributed by atoms with Gasteiger partial charge in [-0.05, 0) is 80.4 Å². The number of ether oxygens (including phenoxy) is 1. The Kier molecular flexibility index (Phi) is 10.6. The van der Waals surface area contributed by atoms with E-state index in [1.165, 1.54) is 19.8 Å². The van der Waals surface area contributed by atoms with Gasteiger partial charge in [-0.25, -0.2) is 0 Å². The van der Waals surface area contributed by atoms with Gasteiger partial charge in [0.15, 0.2) is 16.6 Å². The molecule has 38 heavy (non-hydrogen) atoms. The largest absolute Gasteiger partial charge is 0.458 e. The first-order valence-corrected chi connectivity index (χ1v) is 20.9. The lowest BCUT2D eigenvalue weighted by Gasteiger charge is -2.44. The summed E-state index contributed by atoms with van der Waals surface area (Å²) in [5.41, 5.74) is 0.900. The molecule has 0 spiro atoms. The Labute approximate surface area is 237 Å². The standard InChI is InChI=1S/C32H60O4Si2/c1-15-16-19-32(10,36-38(13,14)31(7,8)9)20-17-18-25-26-21-23(2)29(34-24(3)33)27(26)22-28(25)35-37(11,12)30(4,5)6/h17-18,25-29H,2,15-16,19-22H2,1,3-14H3/b18-17+/t25-,26+,27-,28+,29?,32?/m0/s1. The van der Waals surface area contributed by atoms with E-state index in [1.807, 2.05) is 0 Å². The van der Waals surface area contributed by atoms with Gasteiger partial charge in [0, 0.05) is 18.8 Å². The number of carbonyl (C=O) groups is 1. The van der Waals surface area contributed by atoms with Crippen molar-refractivity contribution >= 4 is 22.6 Å². The van der Waals surface area contributed by atoms with Gasteiger partial charge in [0.25, 0.3) is 0 Å². The predicted molar refractivity (Wildman–Crippen MR) is 166 cm³/mol. The fraction of sp³-hybridized carbons (Fsp3) is 0.844. The first kappa shape index (κ1) is 33.5. The van der Waals surface area contributed by atoms with Crippen LogP contribution < -0.4 is 0 Å². The Balaban J connectivity index is 2.34. The smallest absolute Gasteiger partial charge is 0.303 e. The zero-order valence-electron chi connectivity index (χ0n) is 27.1. The van der Waals surface area contributed by atoms with Crippen LogP contribution in [-0.4, -0.2) is 40.4 Å². The van der Waals surface area contributed by atoms with Crippen molar-refractivity contribution in [2.24, 2.45) is 17.8 Å². The fourth-order valence-corrected chi connectivity index (χ4v) is 8.89. The molecule has 2 rings (SSSR count). The highest BCUT2D eigenvalue weighted by Crippen LogP contribution is 2.54. The maximum absolute atomic E-state index is 11.9. The summed E-state index contributed by atoms with van der Waals surface area (Å²) in [6, 6.07) is 0. The van der Waals surface area contributed by atoms with Gasteiger partial charge in [0.1, 0.15) is 6.10 Å². The molecule has 0 aromatic heterocycles. The summed E-state index contributed by atoms with van der Waals surface area (Å²) >= 11 is 0. The number of esters is 1. The SMILES string of the molecule is C=C1C[C@@H]2[C@H](/C=C/CC(C)(CCCC)O[Si](C)(C)C(C)(C)C)[C@H](O[Si](C)(C)C(C)(C)C)C[C@@H]2C1OC(C)=O. The molecule has 0 amide bonds. The van der Waals surface area contributed by atoms with Crippen LogP contribution in [0.1, 0.15) is 101 Å². The minimum Gasteiger partial charge on any atom is -0.458 e. The molecule has 6 atom stereocenters. The quantitative estimate of drug-likeness (QED) is 0.142. The third kappa shape index (κ3) is 7.95. The molecule has 0 N–H and O–H groups in total. The summed E-state index contributed by atoms with van der Waals surface area (Å²) in [7, 11) is -3.87. The molecule has 4 nitrogen and oxygen atoms in total. The minimum atomic E-state index is -1.96. The third-order valence-electron chi connectivity index (χ3n) is 10.1. The molecule has 0 aromatic rings. The molecule has 0 aromatic carbocycles. The fourth-order valence-electron chi connectivity index (χ4n) is 5.81. The number of hydrogen-bond donors (Lipinski definition) is 0. The monoisotopic (exact) mass is 564 g/mol. The average molecular weight is 565 g/mol. The number of rotatable bonds is 11. The predicted octanol–water partition coefficient (Wildman–Crippen LogP) is 9.44. The lowest BCUT2D eigenvalue weighted by Crippen LogP contribution is -2.48. The van der Waals surface area contributed by atoms with E-state index in [0.717, 1.165) is 31.3 Å². The molecule has 2 fully saturated rings. The molecule has 2 aliphatic rings. The van der Waals surface area contributed by atoms with Crippen molar-refractivity contribution in [2.75, 3.05) is 0 Å². The maximum Gasteiger partial charge on any atom is 0.303 e. The van der Waals surface area contributed by atoms with Crippen molar-refractivity contribution in [3.63, 3.8) is 0 Å². The lowest BCUT2D eigenvalue weighted by atomic mass is 9.89.